The molecular weight excluding hydrogens is 342 g/mol. The number of rotatable bonds is 2. The lowest BCUT2D eigenvalue weighted by Gasteiger charge is -2.32. The van der Waals surface area contributed by atoms with E-state index >= 15 is 0 Å². The summed E-state index contributed by atoms with van der Waals surface area (Å²) in [6.45, 7) is 8.06. The summed E-state index contributed by atoms with van der Waals surface area (Å²) in [6.07, 6.45) is -1.95. The van der Waals surface area contributed by atoms with Crippen LogP contribution >= 0.6 is 0 Å². The van der Waals surface area contributed by atoms with Crippen molar-refractivity contribution < 1.29 is 22.5 Å². The highest BCUT2D eigenvalue weighted by atomic mass is 19.4. The number of benzene rings is 1. The third-order valence-electron chi connectivity index (χ3n) is 5.93. The fourth-order valence-electron chi connectivity index (χ4n) is 3.57. The Morgan fingerprint density at radius 3 is 2.38 bits per heavy atom. The van der Waals surface area contributed by atoms with E-state index in [1.165, 1.54) is 6.07 Å². The van der Waals surface area contributed by atoms with Crippen LogP contribution in [0.5, 0.6) is 0 Å². The average Bonchev–Trinajstić information content (AvgIpc) is 3.28. The first-order chi connectivity index (χ1) is 12.0. The maximum Gasteiger partial charge on any atom is 0.461 e. The molecule has 0 spiro atoms. The van der Waals surface area contributed by atoms with Gasteiger partial charge in [0.15, 0.2) is 0 Å². The summed E-state index contributed by atoms with van der Waals surface area (Å²) in [5.74, 6) is 0.414. The molecule has 2 aromatic rings. The van der Waals surface area contributed by atoms with Gasteiger partial charge in [0.1, 0.15) is 0 Å². The van der Waals surface area contributed by atoms with Gasteiger partial charge in [0.2, 0.25) is 0 Å². The Bertz CT molecular complexity index is 849. The van der Waals surface area contributed by atoms with E-state index in [-0.39, 0.29) is 35.6 Å². The SMILES string of the molecule is CC1(C)OB([C@H]2C[C@@H]2c2cnc3c(C(F)(F)F)cccc3c2)OC1(C)C. The highest BCUT2D eigenvalue weighted by Gasteiger charge is 2.59. The van der Waals surface area contributed by atoms with Gasteiger partial charge >= 0.3 is 13.3 Å². The maximum absolute atomic E-state index is 13.1. The molecule has 4 rings (SSSR count). The first-order valence-electron chi connectivity index (χ1n) is 8.81. The lowest BCUT2D eigenvalue weighted by atomic mass is 9.80. The number of alkyl halides is 3. The number of fused-ring (bicyclic) bond motifs is 1. The van der Waals surface area contributed by atoms with Crippen LogP contribution in [0.3, 0.4) is 0 Å². The largest absolute Gasteiger partial charge is 0.461 e. The molecule has 138 valence electrons. The fourth-order valence-corrected chi connectivity index (χ4v) is 3.57. The number of hydrogen-bond acceptors (Lipinski definition) is 3. The van der Waals surface area contributed by atoms with E-state index < -0.39 is 11.7 Å². The lowest BCUT2D eigenvalue weighted by Crippen LogP contribution is -2.41. The van der Waals surface area contributed by atoms with Crippen LogP contribution in [0.2, 0.25) is 5.82 Å². The van der Waals surface area contributed by atoms with Gasteiger partial charge in [0.05, 0.1) is 22.3 Å². The molecule has 3 nitrogen and oxygen atoms in total. The van der Waals surface area contributed by atoms with Crippen molar-refractivity contribution in [2.45, 2.75) is 63.2 Å². The van der Waals surface area contributed by atoms with Crippen LogP contribution in [0.4, 0.5) is 13.2 Å². The van der Waals surface area contributed by atoms with Gasteiger partial charge in [-0.25, -0.2) is 0 Å². The van der Waals surface area contributed by atoms with Crippen LogP contribution in [0.25, 0.3) is 10.9 Å². The Hall–Kier alpha value is -1.60. The molecule has 1 aromatic carbocycles. The van der Waals surface area contributed by atoms with E-state index in [1.54, 1.807) is 12.3 Å². The number of pyridine rings is 1. The van der Waals surface area contributed by atoms with Gasteiger partial charge < -0.3 is 9.31 Å². The van der Waals surface area contributed by atoms with Crippen molar-refractivity contribution in [3.63, 3.8) is 0 Å². The van der Waals surface area contributed by atoms with E-state index in [4.69, 9.17) is 9.31 Å². The van der Waals surface area contributed by atoms with Gasteiger partial charge in [0.25, 0.3) is 0 Å². The minimum atomic E-state index is -4.40. The Kier molecular flexibility index (Phi) is 3.74. The van der Waals surface area contributed by atoms with E-state index in [9.17, 15) is 13.2 Å². The number of para-hydroxylation sites is 1. The molecule has 1 saturated carbocycles. The van der Waals surface area contributed by atoms with Gasteiger partial charge in [-0.1, -0.05) is 12.1 Å². The summed E-state index contributed by atoms with van der Waals surface area (Å²) in [6, 6.07) is 5.98. The number of halogens is 3. The Morgan fingerprint density at radius 1 is 1.12 bits per heavy atom. The summed E-state index contributed by atoms with van der Waals surface area (Å²) in [5.41, 5.74) is -0.518. The van der Waals surface area contributed by atoms with Crippen LogP contribution in [-0.2, 0) is 15.5 Å². The van der Waals surface area contributed by atoms with Crippen LogP contribution in [-0.4, -0.2) is 23.3 Å². The fraction of sp³-hybridized carbons (Fsp3) is 0.526. The molecule has 0 N–H and O–H groups in total. The third kappa shape index (κ3) is 2.81. The van der Waals surface area contributed by atoms with Crippen LogP contribution in [0.1, 0.15) is 51.2 Å². The number of aromatic nitrogens is 1. The average molecular weight is 363 g/mol. The molecule has 1 saturated heterocycles. The molecule has 1 aliphatic carbocycles. The highest BCUT2D eigenvalue weighted by Crippen LogP contribution is 2.58. The van der Waals surface area contributed by atoms with Crippen LogP contribution in [0, 0.1) is 0 Å². The molecule has 0 bridgehead atoms. The smallest absolute Gasteiger partial charge is 0.403 e. The first-order valence-corrected chi connectivity index (χ1v) is 8.81. The lowest BCUT2D eigenvalue weighted by molar-refractivity contribution is -0.136. The van der Waals surface area contributed by atoms with Gasteiger partial charge in [-0.3, -0.25) is 4.98 Å². The van der Waals surface area contributed by atoms with Crippen molar-refractivity contribution in [3.8, 4) is 0 Å². The van der Waals surface area contributed by atoms with Gasteiger partial charge in [-0.2, -0.15) is 13.2 Å². The van der Waals surface area contributed by atoms with Crippen molar-refractivity contribution in [2.24, 2.45) is 0 Å². The van der Waals surface area contributed by atoms with Crippen LogP contribution in [0.15, 0.2) is 30.5 Å². The van der Waals surface area contributed by atoms with Gasteiger partial charge in [0, 0.05) is 17.4 Å². The van der Waals surface area contributed by atoms with Crippen molar-refractivity contribution in [1.29, 1.82) is 0 Å². The molecule has 7 heteroatoms. The topological polar surface area (TPSA) is 31.4 Å². The second-order valence-electron chi connectivity index (χ2n) is 8.27. The highest BCUT2D eigenvalue weighted by molar-refractivity contribution is 6.49. The summed E-state index contributed by atoms with van der Waals surface area (Å²) in [4.78, 5) is 4.13. The zero-order chi connectivity index (χ0) is 18.9. The number of nitrogens with zero attached hydrogens (tertiary/aromatic N) is 1. The zero-order valence-corrected chi connectivity index (χ0v) is 15.2. The van der Waals surface area contributed by atoms with Crippen molar-refractivity contribution in [2.75, 3.05) is 0 Å². The predicted octanol–water partition coefficient (Wildman–Crippen LogP) is 5.20. The second-order valence-corrected chi connectivity index (χ2v) is 8.27. The molecule has 0 amide bonds. The standard InChI is InChI=1S/C19H21BF3NO2/c1-17(2)18(3,4)26-20(25-17)15-9-13(15)12-8-11-6-5-7-14(19(21,22)23)16(11)24-10-12/h5-8,10,13,15H,9H2,1-4H3/t13-,15+/m1/s1. The summed E-state index contributed by atoms with van der Waals surface area (Å²) in [7, 11) is -0.290. The number of hydrogen-bond donors (Lipinski definition) is 0. The maximum atomic E-state index is 13.1. The molecule has 2 aliphatic rings. The summed E-state index contributed by atoms with van der Waals surface area (Å²) in [5, 5.41) is 0.511. The summed E-state index contributed by atoms with van der Waals surface area (Å²) < 4.78 is 51.6. The second kappa shape index (κ2) is 5.46. The molecule has 2 heterocycles. The molecular formula is C19H21BF3NO2. The molecule has 1 aromatic heterocycles. The Morgan fingerprint density at radius 2 is 1.77 bits per heavy atom. The van der Waals surface area contributed by atoms with Gasteiger partial charge in [-0.05, 0) is 57.7 Å². The Balaban J connectivity index is 1.58. The minimum Gasteiger partial charge on any atom is -0.403 e. The molecule has 2 fully saturated rings. The van der Waals surface area contributed by atoms with E-state index in [0.29, 0.717) is 5.39 Å². The van der Waals surface area contributed by atoms with E-state index in [0.717, 1.165) is 18.1 Å². The normalized spacial score (nSPS) is 27.1. The third-order valence-corrected chi connectivity index (χ3v) is 5.93. The van der Waals surface area contributed by atoms with Crippen molar-refractivity contribution >= 4 is 18.0 Å². The van der Waals surface area contributed by atoms with Crippen molar-refractivity contribution in [1.82, 2.24) is 4.98 Å². The monoisotopic (exact) mass is 363 g/mol. The van der Waals surface area contributed by atoms with Crippen molar-refractivity contribution in [3.05, 3.63) is 41.6 Å². The Labute approximate surface area is 151 Å². The first kappa shape index (κ1) is 17.8. The molecule has 0 radical (unpaired) electrons. The predicted molar refractivity (Wildman–Crippen MR) is 93.9 cm³/mol. The van der Waals surface area contributed by atoms with E-state index in [2.05, 4.69) is 4.98 Å². The molecule has 1 aliphatic heterocycles. The summed E-state index contributed by atoms with van der Waals surface area (Å²) >= 11 is 0. The molecule has 26 heavy (non-hydrogen) atoms. The minimum absolute atomic E-state index is 0.00316. The molecule has 2 atom stereocenters. The van der Waals surface area contributed by atoms with E-state index in [1.807, 2.05) is 33.8 Å². The zero-order valence-electron chi connectivity index (χ0n) is 15.2. The molecule has 0 unspecified atom stereocenters. The quantitative estimate of drug-likeness (QED) is 0.687. The van der Waals surface area contributed by atoms with Crippen LogP contribution < -0.4 is 0 Å². The van der Waals surface area contributed by atoms with Gasteiger partial charge in [-0.15, -0.1) is 0 Å².